The molecule has 0 radical (unpaired) electrons. The molecule has 0 amide bonds. The second-order valence-corrected chi connectivity index (χ2v) is 6.70. The van der Waals surface area contributed by atoms with Crippen molar-refractivity contribution in [2.24, 2.45) is 0 Å². The summed E-state index contributed by atoms with van der Waals surface area (Å²) < 4.78 is 0. The van der Waals surface area contributed by atoms with Crippen molar-refractivity contribution in [2.45, 2.75) is 18.2 Å². The maximum atomic E-state index is 6.34. The van der Waals surface area contributed by atoms with E-state index < -0.39 is 0 Å². The number of halogens is 2. The van der Waals surface area contributed by atoms with E-state index >= 15 is 0 Å². The molecule has 0 spiro atoms. The zero-order valence-electron chi connectivity index (χ0n) is 11.7. The normalized spacial score (nSPS) is 12.5. The van der Waals surface area contributed by atoms with Crippen LogP contribution in [0, 0.1) is 6.92 Å². The van der Waals surface area contributed by atoms with E-state index in [-0.39, 0.29) is 4.83 Å². The summed E-state index contributed by atoms with van der Waals surface area (Å²) in [4.78, 5) is 4.88. The SMILES string of the molecule is Cc1ccc(C(Br)Cc2ccc3ccccc3n2)c(Cl)c1. The molecular weight excluding hydrogens is 346 g/mol. The molecule has 0 fully saturated rings. The standard InChI is InChI=1S/C18H15BrClN/c1-12-6-9-15(17(20)10-12)16(19)11-14-8-7-13-4-2-3-5-18(13)21-14/h2-10,16H,11H2,1H3. The molecule has 0 saturated heterocycles. The molecule has 3 rings (SSSR count). The molecule has 0 aliphatic rings. The summed E-state index contributed by atoms with van der Waals surface area (Å²) >= 11 is 10.1. The van der Waals surface area contributed by atoms with Crippen LogP contribution >= 0.6 is 27.5 Å². The average Bonchev–Trinajstić information content (AvgIpc) is 2.47. The molecule has 3 heteroatoms. The van der Waals surface area contributed by atoms with Gasteiger partial charge in [0.05, 0.1) is 5.52 Å². The molecule has 0 saturated carbocycles. The van der Waals surface area contributed by atoms with Crippen LogP contribution in [0.15, 0.2) is 54.6 Å². The maximum Gasteiger partial charge on any atom is 0.0705 e. The van der Waals surface area contributed by atoms with Gasteiger partial charge in [0.15, 0.2) is 0 Å². The third kappa shape index (κ3) is 3.28. The second-order valence-electron chi connectivity index (χ2n) is 5.19. The number of hydrogen-bond acceptors (Lipinski definition) is 1. The van der Waals surface area contributed by atoms with Crippen LogP contribution < -0.4 is 0 Å². The Morgan fingerprint density at radius 2 is 1.90 bits per heavy atom. The molecule has 1 heterocycles. The van der Waals surface area contributed by atoms with Gasteiger partial charge in [0.25, 0.3) is 0 Å². The average molecular weight is 361 g/mol. The molecule has 3 aromatic rings. The van der Waals surface area contributed by atoms with Crippen molar-refractivity contribution >= 4 is 38.4 Å². The lowest BCUT2D eigenvalue weighted by Crippen LogP contribution is -1.99. The smallest absolute Gasteiger partial charge is 0.0705 e. The van der Waals surface area contributed by atoms with Gasteiger partial charge in [-0.05, 0) is 36.2 Å². The molecular formula is C18H15BrClN. The minimum absolute atomic E-state index is 0.166. The van der Waals surface area contributed by atoms with Crippen LogP contribution in [0.3, 0.4) is 0 Å². The van der Waals surface area contributed by atoms with Crippen LogP contribution in [0.5, 0.6) is 0 Å². The van der Waals surface area contributed by atoms with Crippen molar-refractivity contribution in [1.82, 2.24) is 4.98 Å². The van der Waals surface area contributed by atoms with Gasteiger partial charge in [-0.25, -0.2) is 0 Å². The van der Waals surface area contributed by atoms with Crippen molar-refractivity contribution in [1.29, 1.82) is 0 Å². The highest BCUT2D eigenvalue weighted by atomic mass is 79.9. The minimum Gasteiger partial charge on any atom is -0.253 e. The first kappa shape index (κ1) is 14.6. The lowest BCUT2D eigenvalue weighted by molar-refractivity contribution is 0.913. The monoisotopic (exact) mass is 359 g/mol. The van der Waals surface area contributed by atoms with Gasteiger partial charge >= 0.3 is 0 Å². The number of benzene rings is 2. The van der Waals surface area contributed by atoms with Crippen LogP contribution in [0.25, 0.3) is 10.9 Å². The fourth-order valence-corrected chi connectivity index (χ4v) is 3.63. The molecule has 1 atom stereocenters. The van der Waals surface area contributed by atoms with E-state index in [0.717, 1.165) is 28.2 Å². The van der Waals surface area contributed by atoms with E-state index in [1.165, 1.54) is 10.9 Å². The topological polar surface area (TPSA) is 12.9 Å². The van der Waals surface area contributed by atoms with Crippen LogP contribution in [-0.2, 0) is 6.42 Å². The van der Waals surface area contributed by atoms with Gasteiger partial charge in [-0.2, -0.15) is 0 Å². The number of nitrogens with zero attached hydrogens (tertiary/aromatic N) is 1. The summed E-state index contributed by atoms with van der Waals surface area (Å²) in [6, 6.07) is 18.5. The number of alkyl halides is 1. The number of para-hydroxylation sites is 1. The summed E-state index contributed by atoms with van der Waals surface area (Å²) in [6.45, 7) is 2.05. The third-order valence-electron chi connectivity index (χ3n) is 3.54. The Bertz CT molecular complexity index is 785. The van der Waals surface area contributed by atoms with E-state index in [2.05, 4.69) is 46.3 Å². The maximum absolute atomic E-state index is 6.34. The van der Waals surface area contributed by atoms with Crippen LogP contribution in [0.1, 0.15) is 21.6 Å². The van der Waals surface area contributed by atoms with Gasteiger partial charge in [0.1, 0.15) is 0 Å². The second kappa shape index (κ2) is 6.17. The van der Waals surface area contributed by atoms with Crippen molar-refractivity contribution in [3.63, 3.8) is 0 Å². The first-order chi connectivity index (χ1) is 10.1. The third-order valence-corrected chi connectivity index (χ3v) is 4.68. The first-order valence-corrected chi connectivity index (χ1v) is 8.17. The molecule has 1 nitrogen and oxygen atoms in total. The molecule has 2 aromatic carbocycles. The van der Waals surface area contributed by atoms with E-state index in [1.54, 1.807) is 0 Å². The highest BCUT2D eigenvalue weighted by Gasteiger charge is 2.13. The Kier molecular flexibility index (Phi) is 4.27. The first-order valence-electron chi connectivity index (χ1n) is 6.88. The lowest BCUT2D eigenvalue weighted by atomic mass is 10.1. The summed E-state index contributed by atoms with van der Waals surface area (Å²) in [7, 11) is 0. The molecule has 1 aromatic heterocycles. The molecule has 106 valence electrons. The van der Waals surface area contributed by atoms with Gasteiger partial charge in [0.2, 0.25) is 0 Å². The summed E-state index contributed by atoms with van der Waals surface area (Å²) in [5.41, 5.74) is 4.38. The largest absolute Gasteiger partial charge is 0.253 e. The molecule has 21 heavy (non-hydrogen) atoms. The molecule has 1 unspecified atom stereocenters. The van der Waals surface area contributed by atoms with Crippen molar-refractivity contribution in [3.05, 3.63) is 76.4 Å². The van der Waals surface area contributed by atoms with Crippen LogP contribution in [-0.4, -0.2) is 4.98 Å². The van der Waals surface area contributed by atoms with Crippen molar-refractivity contribution in [3.8, 4) is 0 Å². The Balaban J connectivity index is 1.87. The Labute approximate surface area is 138 Å². The number of rotatable bonds is 3. The zero-order valence-corrected chi connectivity index (χ0v) is 14.0. The molecule has 0 N–H and O–H groups in total. The fraction of sp³-hybridized carbons (Fsp3) is 0.167. The molecule has 0 aliphatic carbocycles. The predicted molar refractivity (Wildman–Crippen MR) is 93.3 cm³/mol. The number of fused-ring (bicyclic) bond motifs is 1. The highest BCUT2D eigenvalue weighted by Crippen LogP contribution is 2.32. The number of pyridine rings is 1. The fourth-order valence-electron chi connectivity index (χ4n) is 2.40. The highest BCUT2D eigenvalue weighted by molar-refractivity contribution is 9.09. The predicted octanol–water partition coefficient (Wildman–Crippen LogP) is 5.88. The number of hydrogen-bond donors (Lipinski definition) is 0. The molecule has 0 aliphatic heterocycles. The Morgan fingerprint density at radius 3 is 2.71 bits per heavy atom. The summed E-state index contributed by atoms with van der Waals surface area (Å²) in [5.74, 6) is 0. The molecule has 0 bridgehead atoms. The van der Waals surface area contributed by atoms with E-state index in [0.29, 0.717) is 0 Å². The number of aryl methyl sites for hydroxylation is 1. The van der Waals surface area contributed by atoms with Gasteiger partial charge in [-0.15, -0.1) is 0 Å². The van der Waals surface area contributed by atoms with Gasteiger partial charge in [0, 0.05) is 27.4 Å². The van der Waals surface area contributed by atoms with Gasteiger partial charge in [-0.3, -0.25) is 4.98 Å². The van der Waals surface area contributed by atoms with Crippen LogP contribution in [0.2, 0.25) is 5.02 Å². The quantitative estimate of drug-likeness (QED) is 0.532. The lowest BCUT2D eigenvalue weighted by Gasteiger charge is -2.12. The van der Waals surface area contributed by atoms with Gasteiger partial charge in [-0.1, -0.05) is 63.9 Å². The van der Waals surface area contributed by atoms with E-state index in [4.69, 9.17) is 16.6 Å². The zero-order chi connectivity index (χ0) is 14.8. The van der Waals surface area contributed by atoms with E-state index in [9.17, 15) is 0 Å². The summed E-state index contributed by atoms with van der Waals surface area (Å²) in [5, 5.41) is 1.97. The van der Waals surface area contributed by atoms with Gasteiger partial charge < -0.3 is 0 Å². The Hall–Kier alpha value is -1.38. The van der Waals surface area contributed by atoms with Crippen molar-refractivity contribution < 1.29 is 0 Å². The van der Waals surface area contributed by atoms with Crippen LogP contribution in [0.4, 0.5) is 0 Å². The Morgan fingerprint density at radius 1 is 1.10 bits per heavy atom. The van der Waals surface area contributed by atoms with Crippen molar-refractivity contribution in [2.75, 3.05) is 0 Å². The van der Waals surface area contributed by atoms with E-state index in [1.807, 2.05) is 31.2 Å². The number of aromatic nitrogens is 1. The minimum atomic E-state index is 0.166. The summed E-state index contributed by atoms with van der Waals surface area (Å²) in [6.07, 6.45) is 0.813.